The summed E-state index contributed by atoms with van der Waals surface area (Å²) in [5.41, 5.74) is 0.561. The third kappa shape index (κ3) is 5.21. The van der Waals surface area contributed by atoms with Crippen LogP contribution >= 0.6 is 0 Å². The number of rotatable bonds is 7. The molecule has 0 radical (unpaired) electrons. The van der Waals surface area contributed by atoms with E-state index in [2.05, 4.69) is 4.98 Å². The van der Waals surface area contributed by atoms with E-state index in [0.717, 1.165) is 12.1 Å². The first-order chi connectivity index (χ1) is 14.6. The van der Waals surface area contributed by atoms with E-state index < -0.39 is 22.6 Å². The number of nitrogens with one attached hydrogen (secondary N) is 1. The molecule has 0 atom stereocenters. The number of H-pyrrole nitrogens is 1. The van der Waals surface area contributed by atoms with E-state index in [-0.39, 0.29) is 30.7 Å². The van der Waals surface area contributed by atoms with Crippen molar-refractivity contribution in [2.75, 3.05) is 0 Å². The molecule has 1 N–H and O–H groups in total. The van der Waals surface area contributed by atoms with Crippen LogP contribution in [-0.2, 0) is 28.9 Å². The van der Waals surface area contributed by atoms with Crippen LogP contribution < -0.4 is 0 Å². The molecular formula is C21H19F3N2O5. The zero-order valence-electron chi connectivity index (χ0n) is 16.7. The number of hydrogen-bond donors (Lipinski definition) is 1. The lowest BCUT2D eigenvalue weighted by Crippen LogP contribution is -2.14. The van der Waals surface area contributed by atoms with Crippen LogP contribution in [0.25, 0.3) is 10.9 Å². The number of carbonyl (C=O) groups excluding carboxylic acids is 1. The molecule has 0 aliphatic carbocycles. The number of hydrogen-bond acceptors (Lipinski definition) is 5. The van der Waals surface area contributed by atoms with Crippen LogP contribution in [0.4, 0.5) is 18.9 Å². The number of aromatic nitrogens is 1. The molecular weight excluding hydrogens is 417 g/mol. The maximum atomic E-state index is 12.7. The highest BCUT2D eigenvalue weighted by atomic mass is 19.4. The van der Waals surface area contributed by atoms with Crippen molar-refractivity contribution >= 4 is 22.6 Å². The van der Waals surface area contributed by atoms with Gasteiger partial charge in [-0.1, -0.05) is 12.1 Å². The number of halogens is 3. The van der Waals surface area contributed by atoms with Gasteiger partial charge >= 0.3 is 12.1 Å². The number of benzene rings is 2. The molecule has 0 unspecified atom stereocenters. The average Bonchev–Trinajstić information content (AvgIpc) is 3.05. The van der Waals surface area contributed by atoms with Crippen molar-refractivity contribution in [3.05, 3.63) is 75.0 Å². The summed E-state index contributed by atoms with van der Waals surface area (Å²) in [6.07, 6.45) is -4.81. The molecule has 0 aliphatic rings. The number of esters is 1. The van der Waals surface area contributed by atoms with Gasteiger partial charge in [0.05, 0.1) is 29.8 Å². The predicted molar refractivity (Wildman–Crippen MR) is 105 cm³/mol. The predicted octanol–water partition coefficient (Wildman–Crippen LogP) is 5.38. The van der Waals surface area contributed by atoms with Gasteiger partial charge in [-0.3, -0.25) is 10.1 Å². The van der Waals surface area contributed by atoms with Gasteiger partial charge in [-0.05, 0) is 37.6 Å². The van der Waals surface area contributed by atoms with Crippen molar-refractivity contribution < 1.29 is 32.4 Å². The van der Waals surface area contributed by atoms with Crippen LogP contribution in [0.5, 0.6) is 0 Å². The van der Waals surface area contributed by atoms with Gasteiger partial charge in [-0.15, -0.1) is 0 Å². The van der Waals surface area contributed by atoms with Crippen LogP contribution in [0.3, 0.4) is 0 Å². The van der Waals surface area contributed by atoms with Crippen LogP contribution in [0.15, 0.2) is 42.5 Å². The number of alkyl halides is 3. The van der Waals surface area contributed by atoms with Crippen LogP contribution in [0, 0.1) is 10.1 Å². The molecule has 31 heavy (non-hydrogen) atoms. The molecule has 0 aliphatic heterocycles. The van der Waals surface area contributed by atoms with E-state index in [0.29, 0.717) is 22.0 Å². The van der Waals surface area contributed by atoms with Crippen molar-refractivity contribution in [2.45, 2.75) is 39.3 Å². The van der Waals surface area contributed by atoms with Crippen molar-refractivity contribution in [1.29, 1.82) is 0 Å². The zero-order valence-corrected chi connectivity index (χ0v) is 16.7. The molecule has 3 aromatic rings. The summed E-state index contributed by atoms with van der Waals surface area (Å²) < 4.78 is 48.9. The Bertz CT molecular complexity index is 1100. The monoisotopic (exact) mass is 436 g/mol. The first-order valence-electron chi connectivity index (χ1n) is 9.30. The van der Waals surface area contributed by atoms with Gasteiger partial charge in [0.2, 0.25) is 0 Å². The van der Waals surface area contributed by atoms with Gasteiger partial charge in [0, 0.05) is 28.6 Å². The van der Waals surface area contributed by atoms with Crippen LogP contribution in [0.2, 0.25) is 0 Å². The molecule has 10 heteroatoms. The van der Waals surface area contributed by atoms with Gasteiger partial charge in [0.15, 0.2) is 0 Å². The normalized spacial score (nSPS) is 11.8. The number of nitro groups is 1. The number of carbonyl (C=O) groups is 1. The number of ether oxygens (including phenoxy) is 2. The van der Waals surface area contributed by atoms with Gasteiger partial charge in [-0.25, -0.2) is 4.79 Å². The maximum Gasteiger partial charge on any atom is 0.416 e. The number of nitro benzene ring substituents is 1. The summed E-state index contributed by atoms with van der Waals surface area (Å²) >= 11 is 0. The van der Waals surface area contributed by atoms with Gasteiger partial charge in [-0.2, -0.15) is 13.2 Å². The molecule has 0 bridgehead atoms. The zero-order chi connectivity index (χ0) is 22.8. The van der Waals surface area contributed by atoms with Gasteiger partial charge < -0.3 is 14.5 Å². The Kier molecular flexibility index (Phi) is 6.30. The minimum Gasteiger partial charge on any atom is -0.458 e. The van der Waals surface area contributed by atoms with Crippen LogP contribution in [0.1, 0.15) is 41.0 Å². The van der Waals surface area contributed by atoms with E-state index in [9.17, 15) is 28.1 Å². The minimum atomic E-state index is -4.43. The van der Waals surface area contributed by atoms with Crippen molar-refractivity contribution in [2.24, 2.45) is 0 Å². The number of fused-ring (bicyclic) bond motifs is 1. The highest BCUT2D eigenvalue weighted by molar-refractivity contribution is 5.99. The Balaban J connectivity index is 1.85. The molecule has 1 heterocycles. The topological polar surface area (TPSA) is 94.5 Å². The summed E-state index contributed by atoms with van der Waals surface area (Å²) in [5, 5.41) is 11.6. The Hall–Kier alpha value is -3.40. The summed E-state index contributed by atoms with van der Waals surface area (Å²) in [4.78, 5) is 26.0. The first-order valence-corrected chi connectivity index (χ1v) is 9.30. The molecule has 0 amide bonds. The average molecular weight is 436 g/mol. The van der Waals surface area contributed by atoms with Gasteiger partial charge in [0.1, 0.15) is 5.69 Å². The molecule has 164 valence electrons. The second-order valence-corrected chi connectivity index (χ2v) is 7.11. The lowest BCUT2D eigenvalue weighted by atomic mass is 10.1. The lowest BCUT2D eigenvalue weighted by Gasteiger charge is -2.10. The van der Waals surface area contributed by atoms with Gasteiger partial charge in [0.25, 0.3) is 5.69 Å². The number of aromatic amines is 1. The van der Waals surface area contributed by atoms with E-state index in [1.54, 1.807) is 13.8 Å². The van der Waals surface area contributed by atoms with E-state index in [1.807, 2.05) is 0 Å². The third-order valence-electron chi connectivity index (χ3n) is 4.44. The maximum absolute atomic E-state index is 12.7. The van der Waals surface area contributed by atoms with Crippen LogP contribution in [-0.4, -0.2) is 22.0 Å². The number of nitrogens with zero attached hydrogens (tertiary/aromatic N) is 1. The van der Waals surface area contributed by atoms with Crippen molar-refractivity contribution in [3.8, 4) is 0 Å². The number of non-ortho nitro benzene ring substituents is 1. The summed E-state index contributed by atoms with van der Waals surface area (Å²) in [5.74, 6) is -0.637. The largest absolute Gasteiger partial charge is 0.458 e. The summed E-state index contributed by atoms with van der Waals surface area (Å²) in [6.45, 7) is 3.25. The summed E-state index contributed by atoms with van der Waals surface area (Å²) in [7, 11) is 0. The first kappa shape index (κ1) is 22.3. The van der Waals surface area contributed by atoms with E-state index in [4.69, 9.17) is 9.47 Å². The van der Waals surface area contributed by atoms with Crippen molar-refractivity contribution in [3.63, 3.8) is 0 Å². The highest BCUT2D eigenvalue weighted by Crippen LogP contribution is 2.30. The molecule has 0 saturated heterocycles. The Morgan fingerprint density at radius 2 is 1.81 bits per heavy atom. The highest BCUT2D eigenvalue weighted by Gasteiger charge is 2.30. The lowest BCUT2D eigenvalue weighted by molar-refractivity contribution is -0.384. The molecule has 0 fully saturated rings. The second kappa shape index (κ2) is 8.76. The third-order valence-corrected chi connectivity index (χ3v) is 4.44. The van der Waals surface area contributed by atoms with Crippen molar-refractivity contribution in [1.82, 2.24) is 4.98 Å². The Labute approximate surface area is 174 Å². The fourth-order valence-electron chi connectivity index (χ4n) is 3.01. The van der Waals surface area contributed by atoms with E-state index >= 15 is 0 Å². The standard InChI is InChI=1S/C21H19F3N2O5/c1-12(2)31-20(27)19-17(16-9-15(26(28)29)7-8-18(16)25-19)11-30-10-13-3-5-14(6-4-13)21(22,23)24/h3-9,12,25H,10-11H2,1-2H3. The fraction of sp³-hybridized carbons (Fsp3) is 0.286. The molecule has 0 spiro atoms. The molecule has 7 nitrogen and oxygen atoms in total. The molecule has 3 rings (SSSR count). The second-order valence-electron chi connectivity index (χ2n) is 7.11. The minimum absolute atomic E-state index is 0.0155. The Morgan fingerprint density at radius 1 is 1.13 bits per heavy atom. The molecule has 1 aromatic heterocycles. The quantitative estimate of drug-likeness (QED) is 0.305. The fourth-order valence-corrected chi connectivity index (χ4v) is 3.01. The SMILES string of the molecule is CC(C)OC(=O)c1[nH]c2ccc([N+](=O)[O-])cc2c1COCc1ccc(C(F)(F)F)cc1. The Morgan fingerprint density at radius 3 is 2.39 bits per heavy atom. The van der Waals surface area contributed by atoms with E-state index in [1.165, 1.54) is 30.3 Å². The molecule has 0 saturated carbocycles. The summed E-state index contributed by atoms with van der Waals surface area (Å²) in [6, 6.07) is 8.64. The molecule has 2 aromatic carbocycles. The smallest absolute Gasteiger partial charge is 0.416 e.